The first-order chi connectivity index (χ1) is 8.12. The minimum atomic E-state index is -0.188. The molecule has 2 N–H and O–H groups in total. The molecule has 0 bridgehead atoms. The maximum absolute atomic E-state index is 11.1. The van der Waals surface area contributed by atoms with Crippen LogP contribution in [-0.2, 0) is 9.53 Å². The van der Waals surface area contributed by atoms with Crippen molar-refractivity contribution in [2.75, 3.05) is 20.3 Å². The van der Waals surface area contributed by atoms with Crippen molar-refractivity contribution in [2.24, 2.45) is 5.41 Å². The molecule has 0 aromatic rings. The molecule has 1 fully saturated rings. The maximum Gasteiger partial charge on any atom is 0.307 e. The summed E-state index contributed by atoms with van der Waals surface area (Å²) < 4.78 is 4.64. The van der Waals surface area contributed by atoms with Crippen LogP contribution in [0, 0.1) is 5.41 Å². The highest BCUT2D eigenvalue weighted by Crippen LogP contribution is 2.35. The first-order valence-corrected chi connectivity index (χ1v) is 6.53. The molecule has 17 heavy (non-hydrogen) atoms. The van der Waals surface area contributed by atoms with Crippen LogP contribution < -0.4 is 5.32 Å². The Morgan fingerprint density at radius 2 is 2.06 bits per heavy atom. The molecule has 1 aliphatic rings. The molecule has 4 heteroatoms. The van der Waals surface area contributed by atoms with E-state index < -0.39 is 0 Å². The minimum Gasteiger partial charge on any atom is -0.469 e. The zero-order valence-electron chi connectivity index (χ0n) is 11.0. The van der Waals surface area contributed by atoms with Crippen molar-refractivity contribution in [3.8, 4) is 0 Å². The summed E-state index contributed by atoms with van der Waals surface area (Å²) in [6, 6.07) is 0.104. The van der Waals surface area contributed by atoms with Gasteiger partial charge in [0.1, 0.15) is 0 Å². The van der Waals surface area contributed by atoms with E-state index in [-0.39, 0.29) is 24.0 Å². The number of hydrogen-bond donors (Lipinski definition) is 2. The Bertz CT molecular complexity index is 237. The Labute approximate surface area is 104 Å². The van der Waals surface area contributed by atoms with Crippen LogP contribution in [0.2, 0.25) is 0 Å². The first kappa shape index (κ1) is 14.5. The van der Waals surface area contributed by atoms with E-state index in [0.29, 0.717) is 6.42 Å². The van der Waals surface area contributed by atoms with Gasteiger partial charge in [0.05, 0.1) is 13.5 Å². The molecule has 1 aliphatic carbocycles. The number of aliphatic hydroxyl groups is 1. The number of carbonyl (C=O) groups is 1. The standard InChI is InChI=1S/C13H25NO3/c1-11(8-12(16)17-2)14-9-13(10-15)6-4-3-5-7-13/h11,14-15H,3-10H2,1-2H3. The van der Waals surface area contributed by atoms with E-state index in [0.717, 1.165) is 19.4 Å². The number of hydrogen-bond acceptors (Lipinski definition) is 4. The van der Waals surface area contributed by atoms with Crippen LogP contribution in [0.1, 0.15) is 45.4 Å². The van der Waals surface area contributed by atoms with Crippen molar-refractivity contribution in [3.05, 3.63) is 0 Å². The summed E-state index contributed by atoms with van der Waals surface area (Å²) in [5, 5.41) is 12.9. The Morgan fingerprint density at radius 3 is 2.59 bits per heavy atom. The summed E-state index contributed by atoms with van der Waals surface area (Å²) in [4.78, 5) is 11.1. The van der Waals surface area contributed by atoms with Gasteiger partial charge >= 0.3 is 5.97 Å². The molecule has 1 atom stereocenters. The third kappa shape index (κ3) is 4.64. The molecule has 1 saturated carbocycles. The monoisotopic (exact) mass is 243 g/mol. The van der Waals surface area contributed by atoms with Crippen molar-refractivity contribution in [3.63, 3.8) is 0 Å². The Balaban J connectivity index is 2.33. The number of carbonyl (C=O) groups excluding carboxylic acids is 1. The van der Waals surface area contributed by atoms with Gasteiger partial charge in [0.25, 0.3) is 0 Å². The van der Waals surface area contributed by atoms with Gasteiger partial charge in [0.2, 0.25) is 0 Å². The highest BCUT2D eigenvalue weighted by Gasteiger charge is 2.31. The number of methoxy groups -OCH3 is 1. The second kappa shape index (κ2) is 6.97. The summed E-state index contributed by atoms with van der Waals surface area (Å²) in [7, 11) is 1.41. The van der Waals surface area contributed by atoms with E-state index in [1.54, 1.807) is 0 Å². The molecular weight excluding hydrogens is 218 g/mol. The molecule has 100 valence electrons. The van der Waals surface area contributed by atoms with Gasteiger partial charge in [-0.3, -0.25) is 4.79 Å². The summed E-state index contributed by atoms with van der Waals surface area (Å²) in [5.74, 6) is -0.188. The van der Waals surface area contributed by atoms with Gasteiger partial charge in [-0.15, -0.1) is 0 Å². The average Bonchev–Trinajstić information content (AvgIpc) is 2.37. The molecule has 0 amide bonds. The molecule has 1 unspecified atom stereocenters. The fourth-order valence-corrected chi connectivity index (χ4v) is 2.49. The van der Waals surface area contributed by atoms with E-state index in [9.17, 15) is 9.90 Å². The minimum absolute atomic E-state index is 0.0304. The first-order valence-electron chi connectivity index (χ1n) is 6.53. The molecule has 0 aromatic carbocycles. The molecule has 0 aromatic heterocycles. The predicted molar refractivity (Wildman–Crippen MR) is 66.7 cm³/mol. The van der Waals surface area contributed by atoms with E-state index in [1.165, 1.54) is 26.4 Å². The van der Waals surface area contributed by atoms with Crippen molar-refractivity contribution in [2.45, 2.75) is 51.5 Å². The molecule has 0 radical (unpaired) electrons. The van der Waals surface area contributed by atoms with Crippen LogP contribution in [0.3, 0.4) is 0 Å². The zero-order valence-corrected chi connectivity index (χ0v) is 11.0. The van der Waals surface area contributed by atoms with Crippen LogP contribution in [-0.4, -0.2) is 37.4 Å². The fraction of sp³-hybridized carbons (Fsp3) is 0.923. The third-order valence-electron chi connectivity index (χ3n) is 3.78. The molecule has 1 rings (SSSR count). The van der Waals surface area contributed by atoms with Gasteiger partial charge in [-0.05, 0) is 19.8 Å². The number of rotatable bonds is 6. The molecule has 0 spiro atoms. The van der Waals surface area contributed by atoms with Crippen molar-refractivity contribution < 1.29 is 14.6 Å². The fourth-order valence-electron chi connectivity index (χ4n) is 2.49. The SMILES string of the molecule is COC(=O)CC(C)NCC1(CO)CCCCC1. The summed E-state index contributed by atoms with van der Waals surface area (Å²) in [5.41, 5.74) is 0.0304. The molecular formula is C13H25NO3. The van der Waals surface area contributed by atoms with Crippen LogP contribution in [0.25, 0.3) is 0 Å². The lowest BCUT2D eigenvalue weighted by Crippen LogP contribution is -2.42. The number of nitrogens with one attached hydrogen (secondary N) is 1. The Hall–Kier alpha value is -0.610. The largest absolute Gasteiger partial charge is 0.469 e. The highest BCUT2D eigenvalue weighted by molar-refractivity contribution is 5.69. The van der Waals surface area contributed by atoms with Gasteiger partial charge in [-0.2, -0.15) is 0 Å². The lowest BCUT2D eigenvalue weighted by Gasteiger charge is -2.36. The van der Waals surface area contributed by atoms with Crippen molar-refractivity contribution in [1.29, 1.82) is 0 Å². The number of aliphatic hydroxyl groups excluding tert-OH is 1. The summed E-state index contributed by atoms with van der Waals surface area (Å²) in [6.07, 6.45) is 6.24. The Morgan fingerprint density at radius 1 is 1.41 bits per heavy atom. The average molecular weight is 243 g/mol. The maximum atomic E-state index is 11.1. The van der Waals surface area contributed by atoms with Crippen LogP contribution >= 0.6 is 0 Å². The lowest BCUT2D eigenvalue weighted by atomic mass is 9.74. The second-order valence-corrected chi connectivity index (χ2v) is 5.28. The van der Waals surface area contributed by atoms with Gasteiger partial charge < -0.3 is 15.2 Å². The second-order valence-electron chi connectivity index (χ2n) is 5.28. The lowest BCUT2D eigenvalue weighted by molar-refractivity contribution is -0.141. The molecule has 0 saturated heterocycles. The van der Waals surface area contributed by atoms with Gasteiger partial charge in [-0.25, -0.2) is 0 Å². The smallest absolute Gasteiger partial charge is 0.307 e. The van der Waals surface area contributed by atoms with Crippen molar-refractivity contribution in [1.82, 2.24) is 5.32 Å². The predicted octanol–water partition coefficient (Wildman–Crippen LogP) is 1.47. The number of esters is 1. The Kier molecular flexibility index (Phi) is 5.92. The summed E-state index contributed by atoms with van der Waals surface area (Å²) >= 11 is 0. The highest BCUT2D eigenvalue weighted by atomic mass is 16.5. The molecule has 0 heterocycles. The van der Waals surface area contributed by atoms with Crippen LogP contribution in [0.15, 0.2) is 0 Å². The molecule has 4 nitrogen and oxygen atoms in total. The van der Waals surface area contributed by atoms with Crippen LogP contribution in [0.5, 0.6) is 0 Å². The zero-order chi connectivity index (χ0) is 12.7. The summed E-state index contributed by atoms with van der Waals surface area (Å²) in [6.45, 7) is 3.01. The van der Waals surface area contributed by atoms with E-state index in [1.807, 2.05) is 6.92 Å². The van der Waals surface area contributed by atoms with Crippen molar-refractivity contribution >= 4 is 5.97 Å². The third-order valence-corrected chi connectivity index (χ3v) is 3.78. The van der Waals surface area contributed by atoms with Gasteiger partial charge in [0, 0.05) is 24.6 Å². The number of ether oxygens (including phenoxy) is 1. The van der Waals surface area contributed by atoms with Gasteiger partial charge in [-0.1, -0.05) is 19.3 Å². The molecule has 0 aliphatic heterocycles. The van der Waals surface area contributed by atoms with E-state index in [4.69, 9.17) is 0 Å². The van der Waals surface area contributed by atoms with Gasteiger partial charge in [0.15, 0.2) is 0 Å². The van der Waals surface area contributed by atoms with E-state index in [2.05, 4.69) is 10.1 Å². The topological polar surface area (TPSA) is 58.6 Å². The van der Waals surface area contributed by atoms with Crippen LogP contribution in [0.4, 0.5) is 0 Å². The van der Waals surface area contributed by atoms with E-state index >= 15 is 0 Å². The quantitative estimate of drug-likeness (QED) is 0.694. The normalized spacial score (nSPS) is 20.9.